The minimum Gasteiger partial charge on any atom is -0.322 e. The number of nitrogens with zero attached hydrogens (tertiary/aromatic N) is 3. The van der Waals surface area contributed by atoms with Crippen LogP contribution in [0.3, 0.4) is 0 Å². The number of aromatic nitrogens is 3. The highest BCUT2D eigenvalue weighted by Gasteiger charge is 2.13. The minimum absolute atomic E-state index is 0.900. The fourth-order valence-corrected chi connectivity index (χ4v) is 3.24. The van der Waals surface area contributed by atoms with Crippen LogP contribution in [0, 0.1) is 0 Å². The molecule has 0 unspecified atom stereocenters. The lowest BCUT2D eigenvalue weighted by Crippen LogP contribution is -2.03. The quantitative estimate of drug-likeness (QED) is 0.559. The molecule has 3 nitrogen and oxygen atoms in total. The predicted octanol–water partition coefficient (Wildman–Crippen LogP) is 4.40. The summed E-state index contributed by atoms with van der Waals surface area (Å²) in [4.78, 5) is 9.21. The minimum atomic E-state index is 0.900. The van der Waals surface area contributed by atoms with E-state index in [0.717, 1.165) is 30.0 Å². The summed E-state index contributed by atoms with van der Waals surface area (Å²) in [7, 11) is 0. The van der Waals surface area contributed by atoms with Gasteiger partial charge in [-0.25, -0.2) is 9.97 Å². The molecule has 2 aromatic carbocycles. The van der Waals surface area contributed by atoms with E-state index in [2.05, 4.69) is 63.5 Å². The number of para-hydroxylation sites is 2. The molecule has 2 heterocycles. The summed E-state index contributed by atoms with van der Waals surface area (Å²) >= 11 is 1.60. The number of fused-ring (bicyclic) bond motifs is 1. The summed E-state index contributed by atoms with van der Waals surface area (Å²) in [6, 6.07) is 18.8. The molecule has 0 fully saturated rings. The highest BCUT2D eigenvalue weighted by Crippen LogP contribution is 2.25. The van der Waals surface area contributed by atoms with Crippen LogP contribution in [0.15, 0.2) is 65.5 Å². The maximum absolute atomic E-state index is 4.77. The van der Waals surface area contributed by atoms with Crippen molar-refractivity contribution in [3.05, 3.63) is 71.1 Å². The molecule has 0 amide bonds. The Morgan fingerprint density at radius 2 is 1.77 bits per heavy atom. The summed E-state index contributed by atoms with van der Waals surface area (Å²) in [5.41, 5.74) is 6.34. The molecule has 0 aliphatic heterocycles. The Morgan fingerprint density at radius 3 is 2.59 bits per heavy atom. The number of thiazole rings is 1. The fourth-order valence-electron chi connectivity index (χ4n) is 2.71. The van der Waals surface area contributed by atoms with Crippen molar-refractivity contribution in [3.8, 4) is 11.5 Å². The first kappa shape index (κ1) is 13.2. The molecule has 0 saturated carbocycles. The third-order valence-corrected chi connectivity index (χ3v) is 4.37. The van der Waals surface area contributed by atoms with Crippen molar-refractivity contribution < 1.29 is 0 Å². The Morgan fingerprint density at radius 1 is 0.955 bits per heavy atom. The van der Waals surface area contributed by atoms with E-state index in [9.17, 15) is 0 Å². The molecule has 4 aromatic rings. The van der Waals surface area contributed by atoms with E-state index < -0.39 is 0 Å². The lowest BCUT2D eigenvalue weighted by Gasteiger charge is -2.08. The largest absolute Gasteiger partial charge is 0.322 e. The summed E-state index contributed by atoms with van der Waals surface area (Å²) in [5.74, 6) is 0.957. The Hall–Kier alpha value is -2.46. The van der Waals surface area contributed by atoms with Crippen molar-refractivity contribution in [2.24, 2.45) is 0 Å². The molecule has 4 rings (SSSR count). The molecule has 0 aliphatic carbocycles. The van der Waals surface area contributed by atoms with Crippen LogP contribution in [0.25, 0.3) is 22.6 Å². The lowest BCUT2D eigenvalue weighted by atomic mass is 10.1. The van der Waals surface area contributed by atoms with Crippen LogP contribution < -0.4 is 0 Å². The van der Waals surface area contributed by atoms with Crippen molar-refractivity contribution in [1.29, 1.82) is 0 Å². The van der Waals surface area contributed by atoms with Crippen LogP contribution in [0.5, 0.6) is 0 Å². The first-order valence-corrected chi connectivity index (χ1v) is 8.24. The Bertz CT molecular complexity index is 879. The van der Waals surface area contributed by atoms with Gasteiger partial charge in [-0.3, -0.25) is 0 Å². The third-order valence-electron chi connectivity index (χ3n) is 3.78. The van der Waals surface area contributed by atoms with Crippen molar-refractivity contribution in [2.75, 3.05) is 0 Å². The number of hydrogen-bond acceptors (Lipinski definition) is 3. The zero-order valence-corrected chi connectivity index (χ0v) is 12.8. The molecule has 0 saturated heterocycles. The highest BCUT2D eigenvalue weighted by atomic mass is 32.1. The van der Waals surface area contributed by atoms with Crippen LogP contribution in [-0.4, -0.2) is 14.5 Å². The predicted molar refractivity (Wildman–Crippen MR) is 91.0 cm³/mol. The van der Waals surface area contributed by atoms with Gasteiger partial charge >= 0.3 is 0 Å². The van der Waals surface area contributed by atoms with Gasteiger partial charge in [-0.05, 0) is 24.1 Å². The lowest BCUT2D eigenvalue weighted by molar-refractivity contribution is 0.722. The van der Waals surface area contributed by atoms with Crippen LogP contribution >= 0.6 is 11.3 Å². The summed E-state index contributed by atoms with van der Waals surface area (Å²) in [5, 5.41) is 2.06. The van der Waals surface area contributed by atoms with Crippen molar-refractivity contribution >= 4 is 22.4 Å². The van der Waals surface area contributed by atoms with E-state index in [4.69, 9.17) is 4.98 Å². The fraction of sp³-hybridized carbons (Fsp3) is 0.111. The van der Waals surface area contributed by atoms with E-state index in [0.29, 0.717) is 0 Å². The molecule has 0 atom stereocenters. The highest BCUT2D eigenvalue weighted by molar-refractivity contribution is 7.07. The molecular formula is C18H15N3S. The van der Waals surface area contributed by atoms with E-state index in [1.54, 1.807) is 11.3 Å². The Kier molecular flexibility index (Phi) is 3.45. The molecule has 0 spiro atoms. The standard InChI is InChI=1S/C18H15N3S/c1-2-6-14(7-3-1)10-11-21-17-9-5-4-8-15(17)20-18(21)16-12-22-13-19-16/h1-9,12-13H,10-11H2. The van der Waals surface area contributed by atoms with Gasteiger partial charge in [0.2, 0.25) is 0 Å². The van der Waals surface area contributed by atoms with Gasteiger partial charge in [-0.15, -0.1) is 11.3 Å². The van der Waals surface area contributed by atoms with E-state index in [1.165, 1.54) is 11.1 Å². The van der Waals surface area contributed by atoms with Gasteiger partial charge < -0.3 is 4.57 Å². The van der Waals surface area contributed by atoms with Crippen molar-refractivity contribution in [2.45, 2.75) is 13.0 Å². The molecule has 0 bridgehead atoms. The topological polar surface area (TPSA) is 30.7 Å². The van der Waals surface area contributed by atoms with Crippen LogP contribution in [0.2, 0.25) is 0 Å². The normalized spacial score (nSPS) is 11.1. The second-order valence-electron chi connectivity index (χ2n) is 5.19. The second kappa shape index (κ2) is 5.73. The van der Waals surface area contributed by atoms with Gasteiger partial charge in [0.05, 0.1) is 16.5 Å². The average Bonchev–Trinajstić information content (AvgIpc) is 3.21. The van der Waals surface area contributed by atoms with Crippen molar-refractivity contribution in [3.63, 3.8) is 0 Å². The third kappa shape index (κ3) is 2.42. The molecule has 0 aliphatic rings. The summed E-state index contributed by atoms with van der Waals surface area (Å²) in [6.07, 6.45) is 0.984. The van der Waals surface area contributed by atoms with Crippen LogP contribution in [0.4, 0.5) is 0 Å². The first-order chi connectivity index (χ1) is 10.9. The van der Waals surface area contributed by atoms with E-state index in [-0.39, 0.29) is 0 Å². The van der Waals surface area contributed by atoms with Gasteiger partial charge in [0.1, 0.15) is 5.69 Å². The molecule has 108 valence electrons. The number of hydrogen-bond donors (Lipinski definition) is 0. The molecule has 2 aromatic heterocycles. The van der Waals surface area contributed by atoms with Gasteiger partial charge in [-0.1, -0.05) is 42.5 Å². The monoisotopic (exact) mass is 305 g/mol. The van der Waals surface area contributed by atoms with E-state index >= 15 is 0 Å². The van der Waals surface area contributed by atoms with Gasteiger partial charge in [-0.2, -0.15) is 0 Å². The molecule has 0 radical (unpaired) electrons. The zero-order valence-electron chi connectivity index (χ0n) is 12.0. The van der Waals surface area contributed by atoms with Gasteiger partial charge in [0, 0.05) is 11.9 Å². The van der Waals surface area contributed by atoms with Crippen LogP contribution in [-0.2, 0) is 13.0 Å². The Balaban J connectivity index is 1.76. The van der Waals surface area contributed by atoms with E-state index in [1.807, 2.05) is 11.6 Å². The molecular weight excluding hydrogens is 290 g/mol. The van der Waals surface area contributed by atoms with Crippen LogP contribution in [0.1, 0.15) is 5.56 Å². The maximum atomic E-state index is 4.77. The number of benzene rings is 2. The average molecular weight is 305 g/mol. The number of imidazole rings is 1. The number of aryl methyl sites for hydroxylation is 2. The molecule has 4 heteroatoms. The zero-order chi connectivity index (χ0) is 14.8. The smallest absolute Gasteiger partial charge is 0.160 e. The first-order valence-electron chi connectivity index (χ1n) is 7.29. The number of rotatable bonds is 4. The van der Waals surface area contributed by atoms with Gasteiger partial charge in [0.25, 0.3) is 0 Å². The molecule has 0 N–H and O–H groups in total. The second-order valence-corrected chi connectivity index (χ2v) is 5.90. The Labute approximate surface area is 132 Å². The summed E-state index contributed by atoms with van der Waals surface area (Å²) < 4.78 is 2.28. The maximum Gasteiger partial charge on any atom is 0.160 e. The summed E-state index contributed by atoms with van der Waals surface area (Å²) in [6.45, 7) is 0.900. The SMILES string of the molecule is c1ccc(CCn2c(-c3cscn3)nc3ccccc32)cc1. The molecule has 22 heavy (non-hydrogen) atoms. The van der Waals surface area contributed by atoms with Crippen molar-refractivity contribution in [1.82, 2.24) is 14.5 Å². The van der Waals surface area contributed by atoms with Gasteiger partial charge in [0.15, 0.2) is 5.82 Å².